The zero-order valence-corrected chi connectivity index (χ0v) is 12.4. The van der Waals surface area contributed by atoms with Crippen LogP contribution in [0.3, 0.4) is 0 Å². The van der Waals surface area contributed by atoms with Gasteiger partial charge in [-0.2, -0.15) is 0 Å². The van der Waals surface area contributed by atoms with E-state index in [4.69, 9.17) is 9.84 Å². The van der Waals surface area contributed by atoms with E-state index in [0.717, 1.165) is 9.35 Å². The van der Waals surface area contributed by atoms with Gasteiger partial charge in [-0.25, -0.2) is 4.79 Å². The van der Waals surface area contributed by atoms with Crippen molar-refractivity contribution in [1.29, 1.82) is 0 Å². The molecule has 0 aromatic carbocycles. The molecule has 0 saturated carbocycles. The van der Waals surface area contributed by atoms with Gasteiger partial charge in [0.15, 0.2) is 0 Å². The first kappa shape index (κ1) is 15.1. The lowest BCUT2D eigenvalue weighted by Gasteiger charge is -2.13. The van der Waals surface area contributed by atoms with Gasteiger partial charge in [0.1, 0.15) is 6.04 Å². The van der Waals surface area contributed by atoms with Gasteiger partial charge < -0.3 is 15.2 Å². The average Bonchev–Trinajstić information content (AvgIpc) is 2.64. The van der Waals surface area contributed by atoms with Gasteiger partial charge in [-0.15, -0.1) is 11.3 Å². The third kappa shape index (κ3) is 4.08. The Kier molecular flexibility index (Phi) is 5.77. The molecule has 0 fully saturated rings. The number of hydrogen-bond donors (Lipinski definition) is 2. The monoisotopic (exact) mass is 335 g/mol. The highest BCUT2D eigenvalue weighted by Gasteiger charge is 2.21. The van der Waals surface area contributed by atoms with Gasteiger partial charge in [-0.3, -0.25) is 4.79 Å². The minimum absolute atomic E-state index is 0.239. The fourth-order valence-electron chi connectivity index (χ4n) is 1.29. The Labute approximate surface area is 117 Å². The molecule has 1 aromatic rings. The predicted molar refractivity (Wildman–Crippen MR) is 72.1 cm³/mol. The van der Waals surface area contributed by atoms with E-state index in [-0.39, 0.29) is 18.9 Å². The third-order valence-electron chi connectivity index (χ3n) is 2.30. The molecule has 5 nitrogen and oxygen atoms in total. The number of nitrogens with one attached hydrogen (secondary N) is 1. The van der Waals surface area contributed by atoms with Crippen LogP contribution < -0.4 is 5.32 Å². The lowest BCUT2D eigenvalue weighted by Crippen LogP contribution is -2.41. The van der Waals surface area contributed by atoms with Gasteiger partial charge in [0.2, 0.25) is 0 Å². The van der Waals surface area contributed by atoms with Gasteiger partial charge in [-0.1, -0.05) is 0 Å². The quantitative estimate of drug-likeness (QED) is 0.834. The summed E-state index contributed by atoms with van der Waals surface area (Å²) in [6, 6.07) is 0.790. The summed E-state index contributed by atoms with van der Waals surface area (Å²) in [5, 5.41) is 11.5. The molecule has 1 rings (SSSR count). The topological polar surface area (TPSA) is 75.6 Å². The molecule has 1 unspecified atom stereocenters. The Bertz CT molecular complexity index is 427. The summed E-state index contributed by atoms with van der Waals surface area (Å²) in [4.78, 5) is 23.3. The third-order valence-corrected chi connectivity index (χ3v) is 4.43. The van der Waals surface area contributed by atoms with Gasteiger partial charge >= 0.3 is 5.97 Å². The van der Waals surface area contributed by atoms with E-state index < -0.39 is 12.0 Å². The first-order chi connectivity index (χ1) is 8.45. The molecule has 1 atom stereocenters. The Morgan fingerprint density at radius 3 is 2.72 bits per heavy atom. The van der Waals surface area contributed by atoms with Crippen LogP contribution in [-0.2, 0) is 9.53 Å². The maximum atomic E-state index is 11.9. The number of halogens is 1. The summed E-state index contributed by atoms with van der Waals surface area (Å²) in [5.41, 5.74) is 0.953. The van der Waals surface area contributed by atoms with Crippen LogP contribution in [0.2, 0.25) is 0 Å². The molecule has 0 saturated heterocycles. The Morgan fingerprint density at radius 2 is 2.28 bits per heavy atom. The summed E-state index contributed by atoms with van der Waals surface area (Å²) in [5.74, 6) is -1.44. The Morgan fingerprint density at radius 1 is 1.61 bits per heavy atom. The molecule has 0 aliphatic heterocycles. The summed E-state index contributed by atoms with van der Waals surface area (Å²) in [6.45, 7) is 2.15. The zero-order valence-electron chi connectivity index (χ0n) is 10.0. The number of thiophene rings is 1. The highest BCUT2D eigenvalue weighted by atomic mass is 79.9. The van der Waals surface area contributed by atoms with Crippen LogP contribution in [0.15, 0.2) is 9.85 Å². The SMILES string of the molecule is COCCC(NC(=O)c1cc(C)c(Br)s1)C(=O)O. The van der Waals surface area contributed by atoms with E-state index in [2.05, 4.69) is 21.2 Å². The van der Waals surface area contributed by atoms with Gasteiger partial charge in [0.05, 0.1) is 8.66 Å². The molecular formula is C11H14BrNO4S. The van der Waals surface area contributed by atoms with E-state index in [1.54, 1.807) is 6.07 Å². The van der Waals surface area contributed by atoms with Crippen LogP contribution in [0.25, 0.3) is 0 Å². The van der Waals surface area contributed by atoms with Gasteiger partial charge in [0.25, 0.3) is 5.91 Å². The zero-order chi connectivity index (χ0) is 13.7. The standard InChI is InChI=1S/C11H14BrNO4S/c1-6-5-8(18-9(6)12)10(14)13-7(11(15)16)3-4-17-2/h5,7H,3-4H2,1-2H3,(H,13,14)(H,15,16). The van der Waals surface area contributed by atoms with Crippen LogP contribution >= 0.6 is 27.3 Å². The molecule has 18 heavy (non-hydrogen) atoms. The van der Waals surface area contributed by atoms with Crippen molar-refractivity contribution in [3.63, 3.8) is 0 Å². The van der Waals surface area contributed by atoms with E-state index in [1.807, 2.05) is 6.92 Å². The van der Waals surface area contributed by atoms with Gasteiger partial charge in [0, 0.05) is 20.1 Å². The summed E-state index contributed by atoms with van der Waals surface area (Å²) in [6.07, 6.45) is 0.239. The van der Waals surface area contributed by atoms with Crippen molar-refractivity contribution >= 4 is 39.1 Å². The lowest BCUT2D eigenvalue weighted by molar-refractivity contribution is -0.139. The van der Waals surface area contributed by atoms with Gasteiger partial charge in [-0.05, 0) is 34.5 Å². The molecule has 1 amide bonds. The Balaban J connectivity index is 2.69. The van der Waals surface area contributed by atoms with Crippen molar-refractivity contribution in [1.82, 2.24) is 5.32 Å². The van der Waals surface area contributed by atoms with E-state index in [0.29, 0.717) is 4.88 Å². The van der Waals surface area contributed by atoms with E-state index in [1.165, 1.54) is 18.4 Å². The average molecular weight is 336 g/mol. The number of carboxylic acid groups (broad SMARTS) is 1. The number of aryl methyl sites for hydroxylation is 1. The number of methoxy groups -OCH3 is 1. The Hall–Kier alpha value is -0.920. The minimum Gasteiger partial charge on any atom is -0.480 e. The summed E-state index contributed by atoms with van der Waals surface area (Å²) >= 11 is 4.60. The number of carbonyl (C=O) groups is 2. The molecule has 0 aliphatic carbocycles. The number of ether oxygens (including phenoxy) is 1. The second kappa shape index (κ2) is 6.86. The molecule has 1 heterocycles. The van der Waals surface area contributed by atoms with E-state index in [9.17, 15) is 9.59 Å². The van der Waals surface area contributed by atoms with Crippen molar-refractivity contribution in [2.75, 3.05) is 13.7 Å². The van der Waals surface area contributed by atoms with Crippen molar-refractivity contribution in [3.8, 4) is 0 Å². The number of hydrogen-bond acceptors (Lipinski definition) is 4. The maximum absolute atomic E-state index is 11.9. The van der Waals surface area contributed by atoms with Crippen LogP contribution in [0, 0.1) is 6.92 Å². The highest BCUT2D eigenvalue weighted by molar-refractivity contribution is 9.11. The predicted octanol–water partition coefficient (Wildman–Crippen LogP) is 2.04. The van der Waals surface area contributed by atoms with Crippen molar-refractivity contribution < 1.29 is 19.4 Å². The fourth-order valence-corrected chi connectivity index (χ4v) is 2.73. The molecule has 2 N–H and O–H groups in total. The largest absolute Gasteiger partial charge is 0.480 e. The van der Waals surface area contributed by atoms with Crippen LogP contribution in [-0.4, -0.2) is 36.7 Å². The number of amides is 1. The molecule has 0 aliphatic rings. The summed E-state index contributed by atoms with van der Waals surface area (Å²) < 4.78 is 5.69. The first-order valence-electron chi connectivity index (χ1n) is 5.24. The second-order valence-corrected chi connectivity index (χ2v) is 6.08. The normalized spacial score (nSPS) is 12.2. The molecule has 7 heteroatoms. The second-order valence-electron chi connectivity index (χ2n) is 3.71. The van der Waals surface area contributed by atoms with Crippen molar-refractivity contribution in [3.05, 3.63) is 20.3 Å². The van der Waals surface area contributed by atoms with Crippen LogP contribution in [0.1, 0.15) is 21.7 Å². The van der Waals surface area contributed by atoms with Crippen LogP contribution in [0.4, 0.5) is 0 Å². The van der Waals surface area contributed by atoms with Crippen molar-refractivity contribution in [2.45, 2.75) is 19.4 Å². The number of carbonyl (C=O) groups excluding carboxylic acids is 1. The molecular weight excluding hydrogens is 322 g/mol. The molecule has 1 aromatic heterocycles. The smallest absolute Gasteiger partial charge is 0.326 e. The van der Waals surface area contributed by atoms with Crippen molar-refractivity contribution in [2.24, 2.45) is 0 Å². The lowest BCUT2D eigenvalue weighted by atomic mass is 10.2. The number of aliphatic carboxylic acids is 1. The minimum atomic E-state index is -1.06. The summed E-state index contributed by atoms with van der Waals surface area (Å²) in [7, 11) is 1.49. The first-order valence-corrected chi connectivity index (χ1v) is 6.85. The fraction of sp³-hybridized carbons (Fsp3) is 0.455. The maximum Gasteiger partial charge on any atom is 0.326 e. The highest BCUT2D eigenvalue weighted by Crippen LogP contribution is 2.27. The van der Waals surface area contributed by atoms with E-state index >= 15 is 0 Å². The number of rotatable bonds is 6. The molecule has 0 bridgehead atoms. The molecule has 0 spiro atoms. The number of carboxylic acids is 1. The van der Waals surface area contributed by atoms with Crippen LogP contribution in [0.5, 0.6) is 0 Å². The molecule has 0 radical (unpaired) electrons. The molecule has 100 valence electrons.